The topological polar surface area (TPSA) is 118 Å². The summed E-state index contributed by atoms with van der Waals surface area (Å²) in [6.45, 7) is -1.22. The number of carboxylic acid groups (broad SMARTS) is 1. The van der Waals surface area contributed by atoms with Crippen molar-refractivity contribution in [2.24, 2.45) is 0 Å². The Labute approximate surface area is 182 Å². The maximum absolute atomic E-state index is 12.3. The zero-order chi connectivity index (χ0) is 25.0. The first-order valence-corrected chi connectivity index (χ1v) is 8.81. The number of halogens is 1. The van der Waals surface area contributed by atoms with Crippen molar-refractivity contribution in [1.29, 1.82) is 0 Å². The normalized spacial score (nSPS) is 12.3. The van der Waals surface area contributed by atoms with Crippen molar-refractivity contribution in [2.75, 3.05) is 23.8 Å². The number of benzene rings is 2. The molecule has 1 aromatic heterocycles. The van der Waals surface area contributed by atoms with Crippen LogP contribution in [-0.2, 0) is 14.3 Å². The van der Waals surface area contributed by atoms with Gasteiger partial charge in [-0.1, -0.05) is 23.7 Å². The Morgan fingerprint density at radius 1 is 1.10 bits per heavy atom. The predicted octanol–water partition coefficient (Wildman–Crippen LogP) is 3.89. The van der Waals surface area contributed by atoms with E-state index >= 15 is 0 Å². The molecule has 0 radical (unpaired) electrons. The highest BCUT2D eigenvalue weighted by Crippen LogP contribution is 2.23. The van der Waals surface area contributed by atoms with Crippen LogP contribution in [0, 0.1) is 0 Å². The minimum absolute atomic E-state index is 0.00196. The van der Waals surface area contributed by atoms with Crippen molar-refractivity contribution in [3.63, 3.8) is 0 Å². The van der Waals surface area contributed by atoms with Gasteiger partial charge in [-0.2, -0.15) is 0 Å². The van der Waals surface area contributed by atoms with Crippen LogP contribution < -0.4 is 10.6 Å². The molecule has 0 saturated heterocycles. The lowest BCUT2D eigenvalue weighted by Crippen LogP contribution is -2.24. The zero-order valence-corrected chi connectivity index (χ0v) is 16.0. The van der Waals surface area contributed by atoms with E-state index in [4.69, 9.17) is 26.2 Å². The molecule has 2 amide bonds. The van der Waals surface area contributed by atoms with E-state index in [9.17, 15) is 19.5 Å². The molecule has 0 fully saturated rings. The first-order chi connectivity index (χ1) is 16.1. The number of carbonyl (C=O) groups is 3. The Bertz CT molecular complexity index is 1270. The summed E-state index contributed by atoms with van der Waals surface area (Å²) >= 11 is 5.76. The van der Waals surface area contributed by atoms with Crippen molar-refractivity contribution in [3.8, 4) is 11.1 Å². The number of rotatable bonds is 8. The molecule has 30 heavy (non-hydrogen) atoms. The summed E-state index contributed by atoms with van der Waals surface area (Å²) in [7, 11) is 0. The molecule has 0 aliphatic rings. The molecule has 154 valence electrons. The number of furan rings is 1. The Balaban J connectivity index is 1.64. The van der Waals surface area contributed by atoms with Crippen LogP contribution in [0.2, 0.25) is 5.02 Å². The number of ether oxygens (including phenoxy) is 1. The van der Waals surface area contributed by atoms with Crippen LogP contribution in [0.4, 0.5) is 11.4 Å². The number of nitrogens with one attached hydrogen (secondary N) is 2. The van der Waals surface area contributed by atoms with Gasteiger partial charge in [0.2, 0.25) is 11.8 Å². The molecule has 3 N–H and O–H groups in total. The van der Waals surface area contributed by atoms with Gasteiger partial charge in [-0.3, -0.25) is 9.59 Å². The highest BCUT2D eigenvalue weighted by atomic mass is 35.5. The molecular formula is C21H17ClN2O6. The molecule has 0 spiro atoms. The van der Waals surface area contributed by atoms with Gasteiger partial charge in [-0.25, -0.2) is 4.79 Å². The first kappa shape index (κ1) is 16.2. The van der Waals surface area contributed by atoms with Crippen LogP contribution >= 0.6 is 11.6 Å². The fourth-order valence-electron chi connectivity index (χ4n) is 2.36. The third kappa shape index (κ3) is 5.69. The smallest absolute Gasteiger partial charge is 0.337 e. The number of carbonyl (C=O) groups excluding carboxylic acids is 2. The zero-order valence-electron chi connectivity index (χ0n) is 19.2. The van der Waals surface area contributed by atoms with Crippen molar-refractivity contribution >= 4 is 40.8 Å². The minimum Gasteiger partial charge on any atom is -0.478 e. The Morgan fingerprint density at radius 3 is 2.57 bits per heavy atom. The van der Waals surface area contributed by atoms with Crippen LogP contribution in [-0.4, -0.2) is 36.1 Å². The van der Waals surface area contributed by atoms with E-state index < -0.39 is 43.1 Å². The quantitative estimate of drug-likeness (QED) is 0.497. The van der Waals surface area contributed by atoms with Crippen molar-refractivity contribution < 1.29 is 34.1 Å². The second-order valence-electron chi connectivity index (χ2n) is 5.85. The van der Waals surface area contributed by atoms with Gasteiger partial charge in [0.15, 0.2) is 0 Å². The lowest BCUT2D eigenvalue weighted by atomic mass is 10.1. The van der Waals surface area contributed by atoms with E-state index in [2.05, 4.69) is 10.6 Å². The maximum atomic E-state index is 12.3. The fourth-order valence-corrected chi connectivity index (χ4v) is 2.53. The van der Waals surface area contributed by atoms with Crippen LogP contribution in [0.1, 0.15) is 15.8 Å². The molecule has 0 unspecified atom stereocenters. The molecule has 0 saturated carbocycles. The van der Waals surface area contributed by atoms with Crippen LogP contribution in [0.25, 0.3) is 11.1 Å². The van der Waals surface area contributed by atoms with Gasteiger partial charge in [-0.15, -0.1) is 0 Å². The summed E-state index contributed by atoms with van der Waals surface area (Å²) in [4.78, 5) is 35.6. The van der Waals surface area contributed by atoms with Crippen molar-refractivity contribution in [1.82, 2.24) is 0 Å². The molecule has 1 heterocycles. The molecule has 0 bridgehead atoms. The number of carboxylic acids is 1. The highest BCUT2D eigenvalue weighted by molar-refractivity contribution is 6.31. The van der Waals surface area contributed by atoms with E-state index in [0.29, 0.717) is 5.56 Å². The summed E-state index contributed by atoms with van der Waals surface area (Å²) in [6.07, 6.45) is 2.60. The van der Waals surface area contributed by atoms with Crippen LogP contribution in [0.15, 0.2) is 65.4 Å². The Morgan fingerprint density at radius 2 is 1.87 bits per heavy atom. The third-order valence-corrected chi connectivity index (χ3v) is 3.89. The highest BCUT2D eigenvalue weighted by Gasteiger charge is 2.14. The standard InChI is InChI=1S/C21H17ClN2O6/c22-15-4-5-18(17(9-15)21(27)28)24-20(26)12-30-11-19(25)23-16-3-1-2-13(8-16)14-6-7-29-10-14/h1-10H,11-12H2,(H,23,25)(H,24,26)(H,27,28)/i1D,2D,3D,8D. The van der Waals surface area contributed by atoms with E-state index in [0.717, 1.165) is 0 Å². The molecule has 2 aromatic carbocycles. The molecule has 0 atom stereocenters. The van der Waals surface area contributed by atoms with Crippen LogP contribution in [0.5, 0.6) is 0 Å². The Kier molecular flexibility index (Phi) is 5.26. The first-order valence-electron chi connectivity index (χ1n) is 10.4. The van der Waals surface area contributed by atoms with E-state index in [1.807, 2.05) is 0 Å². The molecule has 0 aliphatic heterocycles. The van der Waals surface area contributed by atoms with E-state index in [-0.39, 0.29) is 39.6 Å². The summed E-state index contributed by atoms with van der Waals surface area (Å²) in [6, 6.07) is 3.66. The number of aromatic carboxylic acids is 1. The SMILES string of the molecule is [2H]c1c([2H])c(NC(=O)COCC(=O)Nc2ccc(Cl)cc2C(=O)O)c([2H])c(-c2ccoc2)c1[2H]. The van der Waals surface area contributed by atoms with Gasteiger partial charge in [0.05, 0.1) is 29.3 Å². The maximum Gasteiger partial charge on any atom is 0.337 e. The van der Waals surface area contributed by atoms with Gasteiger partial charge in [0.25, 0.3) is 0 Å². The van der Waals surface area contributed by atoms with Gasteiger partial charge >= 0.3 is 5.97 Å². The van der Waals surface area contributed by atoms with Gasteiger partial charge in [0, 0.05) is 16.3 Å². The molecule has 9 heteroatoms. The summed E-state index contributed by atoms with van der Waals surface area (Å²) in [5.41, 5.74) is -0.153. The molecule has 8 nitrogen and oxygen atoms in total. The third-order valence-electron chi connectivity index (χ3n) is 3.65. The number of anilines is 2. The van der Waals surface area contributed by atoms with Crippen molar-refractivity contribution in [3.05, 3.63) is 71.5 Å². The molecule has 3 aromatic rings. The fraction of sp³-hybridized carbons (Fsp3) is 0.0952. The van der Waals surface area contributed by atoms with Gasteiger partial charge in [-0.05, 0) is 41.9 Å². The Hall–Kier alpha value is -3.62. The summed E-state index contributed by atoms with van der Waals surface area (Å²) < 4.78 is 42.3. The summed E-state index contributed by atoms with van der Waals surface area (Å²) in [5.74, 6) is -2.82. The van der Waals surface area contributed by atoms with E-state index in [1.54, 1.807) is 0 Å². The summed E-state index contributed by atoms with van der Waals surface area (Å²) in [5, 5.41) is 14.0. The van der Waals surface area contributed by atoms with Gasteiger partial charge in [0.1, 0.15) is 13.2 Å². The monoisotopic (exact) mass is 432 g/mol. The predicted molar refractivity (Wildman–Crippen MR) is 111 cm³/mol. The number of hydrogen-bond acceptors (Lipinski definition) is 5. The lowest BCUT2D eigenvalue weighted by molar-refractivity contribution is -0.125. The second-order valence-corrected chi connectivity index (χ2v) is 6.28. The number of amides is 2. The van der Waals surface area contributed by atoms with Crippen molar-refractivity contribution in [2.45, 2.75) is 0 Å². The molecule has 0 aliphatic carbocycles. The average Bonchev–Trinajstić information content (AvgIpc) is 3.31. The number of hydrogen-bond donors (Lipinski definition) is 3. The minimum atomic E-state index is -1.29. The molecular weight excluding hydrogens is 412 g/mol. The largest absolute Gasteiger partial charge is 0.478 e. The second kappa shape index (κ2) is 9.73. The lowest BCUT2D eigenvalue weighted by Gasteiger charge is -2.10. The molecule has 3 rings (SSSR count). The van der Waals surface area contributed by atoms with Gasteiger partial charge < -0.3 is 24.9 Å². The average molecular weight is 433 g/mol. The van der Waals surface area contributed by atoms with E-state index in [1.165, 1.54) is 36.8 Å². The van der Waals surface area contributed by atoms with Crippen LogP contribution in [0.3, 0.4) is 0 Å².